The van der Waals surface area contributed by atoms with Gasteiger partial charge >= 0.3 is 0 Å². The van der Waals surface area contributed by atoms with Gasteiger partial charge in [0, 0.05) is 36.3 Å². The minimum Gasteiger partial charge on any atom is -0.481 e. The van der Waals surface area contributed by atoms with Crippen molar-refractivity contribution in [2.24, 2.45) is 5.92 Å². The van der Waals surface area contributed by atoms with Crippen molar-refractivity contribution in [2.75, 3.05) is 26.7 Å². The molecule has 1 amide bonds. The number of hydrogen-bond donors (Lipinski definition) is 1. The lowest BCUT2D eigenvalue weighted by Gasteiger charge is -2.23. The number of carbonyl (C=O) groups excluding carboxylic acids is 1. The van der Waals surface area contributed by atoms with Crippen LogP contribution >= 0.6 is 0 Å². The Morgan fingerprint density at radius 1 is 1.18 bits per heavy atom. The van der Waals surface area contributed by atoms with E-state index in [-0.39, 0.29) is 5.91 Å². The summed E-state index contributed by atoms with van der Waals surface area (Å²) in [6.07, 6.45) is 6.64. The minimum absolute atomic E-state index is 0.0101. The first kappa shape index (κ1) is 18.9. The van der Waals surface area contributed by atoms with E-state index in [1.54, 1.807) is 7.11 Å². The number of amides is 1. The van der Waals surface area contributed by atoms with Gasteiger partial charge in [0.1, 0.15) is 0 Å². The van der Waals surface area contributed by atoms with E-state index in [0.29, 0.717) is 17.4 Å². The number of nitrogens with one attached hydrogen (secondary N) is 1. The lowest BCUT2D eigenvalue weighted by Crippen LogP contribution is -2.34. The largest absolute Gasteiger partial charge is 0.481 e. The average molecular weight is 380 g/mol. The van der Waals surface area contributed by atoms with Crippen LogP contribution in [0.1, 0.15) is 42.5 Å². The van der Waals surface area contributed by atoms with Crippen molar-refractivity contribution in [3.63, 3.8) is 0 Å². The first-order valence-electron chi connectivity index (χ1n) is 10.4. The molecule has 1 aliphatic carbocycles. The van der Waals surface area contributed by atoms with Crippen LogP contribution in [0.15, 0.2) is 42.5 Å². The molecule has 0 spiro atoms. The van der Waals surface area contributed by atoms with Gasteiger partial charge in [-0.2, -0.15) is 0 Å². The van der Waals surface area contributed by atoms with E-state index in [9.17, 15) is 4.79 Å². The van der Waals surface area contributed by atoms with E-state index < -0.39 is 0 Å². The lowest BCUT2D eigenvalue weighted by molar-refractivity contribution is 0.0947. The molecule has 1 saturated carbocycles. The molecule has 1 aromatic heterocycles. The van der Waals surface area contributed by atoms with Gasteiger partial charge < -0.3 is 15.0 Å². The van der Waals surface area contributed by atoms with Crippen molar-refractivity contribution in [2.45, 2.75) is 38.1 Å². The summed E-state index contributed by atoms with van der Waals surface area (Å²) in [6.45, 7) is 3.06. The van der Waals surface area contributed by atoms with Crippen LogP contribution in [0.5, 0.6) is 5.88 Å². The molecular formula is C23H29N3O2. The second kappa shape index (κ2) is 8.74. The molecule has 5 heteroatoms. The topological polar surface area (TPSA) is 54.5 Å². The highest BCUT2D eigenvalue weighted by Crippen LogP contribution is 2.28. The molecule has 1 atom stereocenters. The van der Waals surface area contributed by atoms with Crippen molar-refractivity contribution in [1.82, 2.24) is 15.2 Å². The van der Waals surface area contributed by atoms with Gasteiger partial charge in [-0.15, -0.1) is 0 Å². The number of ether oxygens (including phenoxy) is 1. The number of methoxy groups -OCH3 is 1. The van der Waals surface area contributed by atoms with Gasteiger partial charge in [0.25, 0.3) is 5.91 Å². The summed E-state index contributed by atoms with van der Waals surface area (Å²) in [6, 6.07) is 14.1. The Morgan fingerprint density at radius 2 is 2.00 bits per heavy atom. The Morgan fingerprint density at radius 3 is 2.82 bits per heavy atom. The number of pyridine rings is 1. The molecule has 2 heterocycles. The Kier molecular flexibility index (Phi) is 5.91. The van der Waals surface area contributed by atoms with E-state index >= 15 is 0 Å². The van der Waals surface area contributed by atoms with Crippen LogP contribution in [-0.4, -0.2) is 48.6 Å². The maximum absolute atomic E-state index is 12.7. The molecular weight excluding hydrogens is 350 g/mol. The van der Waals surface area contributed by atoms with E-state index in [1.807, 2.05) is 42.5 Å². The zero-order valence-corrected chi connectivity index (χ0v) is 16.6. The molecule has 28 heavy (non-hydrogen) atoms. The van der Waals surface area contributed by atoms with E-state index in [1.165, 1.54) is 38.6 Å². The van der Waals surface area contributed by atoms with E-state index in [0.717, 1.165) is 30.4 Å². The van der Waals surface area contributed by atoms with Crippen LogP contribution < -0.4 is 10.1 Å². The quantitative estimate of drug-likeness (QED) is 0.830. The number of carbonyl (C=O) groups is 1. The molecule has 1 aromatic carbocycles. The zero-order valence-electron chi connectivity index (χ0n) is 16.6. The number of aromatic nitrogens is 1. The summed E-state index contributed by atoms with van der Waals surface area (Å²) in [7, 11) is 1.60. The van der Waals surface area contributed by atoms with Crippen LogP contribution in [0.3, 0.4) is 0 Å². The molecule has 0 radical (unpaired) electrons. The summed E-state index contributed by atoms with van der Waals surface area (Å²) >= 11 is 0. The summed E-state index contributed by atoms with van der Waals surface area (Å²) in [5.41, 5.74) is 2.39. The summed E-state index contributed by atoms with van der Waals surface area (Å²) in [4.78, 5) is 19.8. The highest BCUT2D eigenvalue weighted by Gasteiger charge is 2.29. The van der Waals surface area contributed by atoms with Gasteiger partial charge in [-0.05, 0) is 49.9 Å². The lowest BCUT2D eigenvalue weighted by atomic mass is 10.1. The van der Waals surface area contributed by atoms with Gasteiger partial charge in [0.15, 0.2) is 0 Å². The minimum atomic E-state index is -0.0101. The molecule has 2 aliphatic rings. The number of hydrogen-bond acceptors (Lipinski definition) is 4. The zero-order chi connectivity index (χ0) is 19.3. The Hall–Kier alpha value is -2.40. The predicted octanol–water partition coefficient (Wildman–Crippen LogP) is 3.75. The van der Waals surface area contributed by atoms with Gasteiger partial charge in [-0.1, -0.05) is 31.0 Å². The van der Waals surface area contributed by atoms with Crippen LogP contribution in [0.4, 0.5) is 0 Å². The third-order valence-corrected chi connectivity index (χ3v) is 6.06. The highest BCUT2D eigenvalue weighted by molar-refractivity contribution is 5.95. The molecule has 148 valence electrons. The number of nitrogens with zero attached hydrogens (tertiary/aromatic N) is 2. The molecule has 4 rings (SSSR count). The number of rotatable bonds is 6. The SMILES string of the molecule is COc1cccc(-c2cccc(C(=O)NCC3CCN(C4CCCC4)C3)c2)n1. The number of likely N-dealkylation sites (tertiary alicyclic amines) is 1. The van der Waals surface area contributed by atoms with Crippen molar-refractivity contribution in [1.29, 1.82) is 0 Å². The first-order chi connectivity index (χ1) is 13.7. The van der Waals surface area contributed by atoms with Crippen molar-refractivity contribution in [3.05, 3.63) is 48.0 Å². The molecule has 1 aliphatic heterocycles. The smallest absolute Gasteiger partial charge is 0.251 e. The molecule has 1 saturated heterocycles. The predicted molar refractivity (Wildman–Crippen MR) is 110 cm³/mol. The van der Waals surface area contributed by atoms with Gasteiger partial charge in [0.05, 0.1) is 12.8 Å². The van der Waals surface area contributed by atoms with Gasteiger partial charge in [-0.25, -0.2) is 4.98 Å². The van der Waals surface area contributed by atoms with E-state index in [2.05, 4.69) is 15.2 Å². The summed E-state index contributed by atoms with van der Waals surface area (Å²) < 4.78 is 5.20. The fourth-order valence-electron chi connectivity index (χ4n) is 4.48. The van der Waals surface area contributed by atoms with Crippen molar-refractivity contribution < 1.29 is 9.53 Å². The van der Waals surface area contributed by atoms with Gasteiger partial charge in [0.2, 0.25) is 5.88 Å². The fraction of sp³-hybridized carbons (Fsp3) is 0.478. The first-order valence-corrected chi connectivity index (χ1v) is 10.4. The second-order valence-electron chi connectivity index (χ2n) is 7.94. The normalized spacial score (nSPS) is 20.4. The summed E-state index contributed by atoms with van der Waals surface area (Å²) in [5, 5.41) is 3.14. The molecule has 1 N–H and O–H groups in total. The molecule has 5 nitrogen and oxygen atoms in total. The molecule has 0 bridgehead atoms. The Balaban J connectivity index is 1.35. The molecule has 2 fully saturated rings. The standard InChI is InChI=1S/C23H29N3O2/c1-28-22-11-5-10-21(25-22)18-6-4-7-19(14-18)23(27)24-15-17-12-13-26(16-17)20-8-2-3-9-20/h4-7,10-11,14,17,20H,2-3,8-9,12-13,15-16H2,1H3,(H,24,27). The average Bonchev–Trinajstić information content (AvgIpc) is 3.44. The Bertz CT molecular complexity index is 817. The van der Waals surface area contributed by atoms with Crippen LogP contribution in [0.25, 0.3) is 11.3 Å². The number of benzene rings is 1. The van der Waals surface area contributed by atoms with Gasteiger partial charge in [-0.3, -0.25) is 4.79 Å². The van der Waals surface area contributed by atoms with Crippen molar-refractivity contribution in [3.8, 4) is 17.1 Å². The maximum Gasteiger partial charge on any atom is 0.251 e. The van der Waals surface area contributed by atoms with Crippen molar-refractivity contribution >= 4 is 5.91 Å². The van der Waals surface area contributed by atoms with Crippen LogP contribution in [0, 0.1) is 5.92 Å². The third-order valence-electron chi connectivity index (χ3n) is 6.06. The molecule has 2 aromatic rings. The second-order valence-corrected chi connectivity index (χ2v) is 7.94. The fourth-order valence-corrected chi connectivity index (χ4v) is 4.48. The Labute approximate surface area is 167 Å². The third kappa shape index (κ3) is 4.36. The molecule has 1 unspecified atom stereocenters. The highest BCUT2D eigenvalue weighted by atomic mass is 16.5. The maximum atomic E-state index is 12.7. The van der Waals surface area contributed by atoms with Crippen LogP contribution in [0.2, 0.25) is 0 Å². The van der Waals surface area contributed by atoms with Crippen LogP contribution in [-0.2, 0) is 0 Å². The van der Waals surface area contributed by atoms with E-state index in [4.69, 9.17) is 4.74 Å². The summed E-state index contributed by atoms with van der Waals surface area (Å²) in [5.74, 6) is 1.12. The monoisotopic (exact) mass is 379 g/mol.